The van der Waals surface area contributed by atoms with Gasteiger partial charge >= 0.3 is 0 Å². The summed E-state index contributed by atoms with van der Waals surface area (Å²) in [5, 5.41) is 21.4. The van der Waals surface area contributed by atoms with Gasteiger partial charge < -0.3 is 24.6 Å². The second-order valence-electron chi connectivity index (χ2n) is 4.58. The van der Waals surface area contributed by atoms with E-state index >= 15 is 0 Å². The van der Waals surface area contributed by atoms with Crippen molar-refractivity contribution in [3.8, 4) is 0 Å². The SMILES string of the molecule is COCC(O)CN(C)CC(O)COCc1cccs1. The first-order valence-electron chi connectivity index (χ1n) is 6.25. The van der Waals surface area contributed by atoms with Crippen LogP contribution in [0.2, 0.25) is 0 Å². The number of ether oxygens (including phenoxy) is 2. The number of aliphatic hydroxyl groups excluding tert-OH is 2. The van der Waals surface area contributed by atoms with Crippen molar-refractivity contribution in [2.24, 2.45) is 0 Å². The van der Waals surface area contributed by atoms with E-state index in [4.69, 9.17) is 9.47 Å². The molecule has 0 aromatic carbocycles. The normalized spacial score (nSPS) is 14.8. The Balaban J connectivity index is 2.10. The highest BCUT2D eigenvalue weighted by molar-refractivity contribution is 7.09. The lowest BCUT2D eigenvalue weighted by atomic mass is 10.3. The minimum atomic E-state index is -0.556. The average molecular weight is 289 g/mol. The second-order valence-corrected chi connectivity index (χ2v) is 5.61. The summed E-state index contributed by atoms with van der Waals surface area (Å²) in [6.45, 7) is 2.06. The summed E-state index contributed by atoms with van der Waals surface area (Å²) < 4.78 is 10.3. The van der Waals surface area contributed by atoms with Gasteiger partial charge in [-0.15, -0.1) is 11.3 Å². The molecule has 0 aliphatic rings. The van der Waals surface area contributed by atoms with Crippen LogP contribution in [-0.4, -0.2) is 67.8 Å². The first-order chi connectivity index (χ1) is 9.11. The number of thiophene rings is 1. The first kappa shape index (κ1) is 16.6. The minimum absolute atomic E-state index is 0.294. The lowest BCUT2D eigenvalue weighted by molar-refractivity contribution is -0.000717. The molecular weight excluding hydrogens is 266 g/mol. The van der Waals surface area contributed by atoms with E-state index in [1.165, 1.54) is 0 Å². The van der Waals surface area contributed by atoms with E-state index in [-0.39, 0.29) is 0 Å². The Morgan fingerprint density at radius 2 is 1.95 bits per heavy atom. The smallest absolute Gasteiger partial charge is 0.0900 e. The second kappa shape index (κ2) is 9.41. The highest BCUT2D eigenvalue weighted by Gasteiger charge is 2.12. The Kier molecular flexibility index (Phi) is 8.20. The molecule has 110 valence electrons. The van der Waals surface area contributed by atoms with Crippen molar-refractivity contribution >= 4 is 11.3 Å². The van der Waals surface area contributed by atoms with Crippen molar-refractivity contribution < 1.29 is 19.7 Å². The summed E-state index contributed by atoms with van der Waals surface area (Å²) in [4.78, 5) is 3.01. The monoisotopic (exact) mass is 289 g/mol. The quantitative estimate of drug-likeness (QED) is 0.659. The van der Waals surface area contributed by atoms with Crippen molar-refractivity contribution in [2.45, 2.75) is 18.8 Å². The Morgan fingerprint density at radius 1 is 1.26 bits per heavy atom. The van der Waals surface area contributed by atoms with Crippen LogP contribution >= 0.6 is 11.3 Å². The molecule has 0 saturated carbocycles. The number of hydrogen-bond acceptors (Lipinski definition) is 6. The molecule has 1 aromatic rings. The van der Waals surface area contributed by atoms with Crippen LogP contribution in [0.3, 0.4) is 0 Å². The topological polar surface area (TPSA) is 62.2 Å². The maximum atomic E-state index is 9.81. The fraction of sp³-hybridized carbons (Fsp3) is 0.692. The first-order valence-corrected chi connectivity index (χ1v) is 7.13. The Labute approximate surface area is 118 Å². The van der Waals surface area contributed by atoms with Crippen LogP contribution in [0.25, 0.3) is 0 Å². The van der Waals surface area contributed by atoms with Gasteiger partial charge in [-0.2, -0.15) is 0 Å². The van der Waals surface area contributed by atoms with E-state index in [0.717, 1.165) is 4.88 Å². The number of likely N-dealkylation sites (N-methyl/N-ethyl adjacent to an activating group) is 1. The Morgan fingerprint density at radius 3 is 2.53 bits per heavy atom. The molecule has 1 heterocycles. The van der Waals surface area contributed by atoms with Crippen LogP contribution in [0.15, 0.2) is 17.5 Å². The maximum Gasteiger partial charge on any atom is 0.0900 e. The molecule has 2 unspecified atom stereocenters. The van der Waals surface area contributed by atoms with Gasteiger partial charge in [0.15, 0.2) is 0 Å². The van der Waals surface area contributed by atoms with Gasteiger partial charge in [0, 0.05) is 25.1 Å². The van der Waals surface area contributed by atoms with Crippen LogP contribution in [0.1, 0.15) is 4.88 Å². The summed E-state index contributed by atoms with van der Waals surface area (Å²) in [5.74, 6) is 0. The van der Waals surface area contributed by atoms with Gasteiger partial charge in [0.25, 0.3) is 0 Å². The number of aliphatic hydroxyl groups is 2. The zero-order chi connectivity index (χ0) is 14.1. The third kappa shape index (κ3) is 7.61. The molecule has 0 amide bonds. The number of methoxy groups -OCH3 is 1. The highest BCUT2D eigenvalue weighted by Crippen LogP contribution is 2.09. The van der Waals surface area contributed by atoms with Gasteiger partial charge in [-0.05, 0) is 18.5 Å². The predicted molar refractivity (Wildman–Crippen MR) is 75.4 cm³/mol. The van der Waals surface area contributed by atoms with E-state index in [9.17, 15) is 10.2 Å². The predicted octanol–water partition coefficient (Wildman–Crippen LogP) is 0.565. The zero-order valence-electron chi connectivity index (χ0n) is 11.5. The van der Waals surface area contributed by atoms with Crippen LogP contribution in [0.4, 0.5) is 0 Å². The Hall–Kier alpha value is -0.500. The lowest BCUT2D eigenvalue weighted by Gasteiger charge is -2.22. The van der Waals surface area contributed by atoms with Gasteiger partial charge in [0.1, 0.15) is 0 Å². The van der Waals surface area contributed by atoms with E-state index < -0.39 is 12.2 Å². The molecule has 0 fully saturated rings. The van der Waals surface area contributed by atoms with Crippen molar-refractivity contribution in [2.75, 3.05) is 40.5 Å². The van der Waals surface area contributed by atoms with Gasteiger partial charge in [-0.25, -0.2) is 0 Å². The molecule has 2 N–H and O–H groups in total. The van der Waals surface area contributed by atoms with Crippen LogP contribution in [-0.2, 0) is 16.1 Å². The highest BCUT2D eigenvalue weighted by atomic mass is 32.1. The van der Waals surface area contributed by atoms with Crippen LogP contribution in [0.5, 0.6) is 0 Å². The molecular formula is C13H23NO4S. The molecule has 19 heavy (non-hydrogen) atoms. The maximum absolute atomic E-state index is 9.81. The molecule has 0 saturated heterocycles. The third-order valence-corrected chi connectivity index (χ3v) is 3.39. The summed E-state index contributed by atoms with van der Waals surface area (Å²) in [5.41, 5.74) is 0. The van der Waals surface area contributed by atoms with Crippen molar-refractivity contribution in [3.05, 3.63) is 22.4 Å². The lowest BCUT2D eigenvalue weighted by Crippen LogP contribution is -2.38. The average Bonchev–Trinajstić information content (AvgIpc) is 2.81. The minimum Gasteiger partial charge on any atom is -0.389 e. The van der Waals surface area contributed by atoms with Crippen LogP contribution in [0, 0.1) is 0 Å². The molecule has 0 bridgehead atoms. The zero-order valence-corrected chi connectivity index (χ0v) is 12.3. The number of hydrogen-bond donors (Lipinski definition) is 2. The summed E-state index contributed by atoms with van der Waals surface area (Å²) in [7, 11) is 3.40. The molecule has 1 aromatic heterocycles. The van der Waals surface area contributed by atoms with Gasteiger partial charge in [-0.3, -0.25) is 0 Å². The van der Waals surface area contributed by atoms with Gasteiger partial charge in [0.05, 0.1) is 32.0 Å². The van der Waals surface area contributed by atoms with E-state index in [1.807, 2.05) is 29.5 Å². The third-order valence-electron chi connectivity index (χ3n) is 2.54. The van der Waals surface area contributed by atoms with Crippen LogP contribution < -0.4 is 0 Å². The molecule has 0 aliphatic carbocycles. The van der Waals surface area contributed by atoms with E-state index in [1.54, 1.807) is 18.4 Å². The van der Waals surface area contributed by atoms with E-state index in [2.05, 4.69) is 0 Å². The van der Waals surface area contributed by atoms with Gasteiger partial charge in [-0.1, -0.05) is 6.07 Å². The Bertz CT molecular complexity index is 320. The summed E-state index contributed by atoms with van der Waals surface area (Å²) >= 11 is 1.64. The van der Waals surface area contributed by atoms with Crippen molar-refractivity contribution in [1.82, 2.24) is 4.90 Å². The molecule has 0 radical (unpaired) electrons. The molecule has 0 aliphatic heterocycles. The molecule has 5 nitrogen and oxygen atoms in total. The largest absolute Gasteiger partial charge is 0.389 e. The molecule has 0 spiro atoms. The van der Waals surface area contributed by atoms with Crippen molar-refractivity contribution in [1.29, 1.82) is 0 Å². The summed E-state index contributed by atoms with van der Waals surface area (Å²) in [6, 6.07) is 3.98. The number of rotatable bonds is 10. The molecule has 6 heteroatoms. The van der Waals surface area contributed by atoms with E-state index in [0.29, 0.717) is 32.9 Å². The molecule has 2 atom stereocenters. The molecule has 1 rings (SSSR count). The standard InChI is InChI=1S/C13H23NO4S/c1-14(6-11(15)8-17-2)7-12(16)9-18-10-13-4-3-5-19-13/h3-5,11-12,15-16H,6-10H2,1-2H3. The fourth-order valence-corrected chi connectivity index (χ4v) is 2.42. The van der Waals surface area contributed by atoms with Gasteiger partial charge in [0.2, 0.25) is 0 Å². The van der Waals surface area contributed by atoms with Crippen molar-refractivity contribution in [3.63, 3.8) is 0 Å². The number of nitrogens with zero attached hydrogens (tertiary/aromatic N) is 1. The summed E-state index contributed by atoms with van der Waals surface area (Å²) in [6.07, 6.45) is -1.09. The fourth-order valence-electron chi connectivity index (χ4n) is 1.78.